The van der Waals surface area contributed by atoms with E-state index in [9.17, 15) is 24.6 Å². The summed E-state index contributed by atoms with van der Waals surface area (Å²) in [5.74, 6) is 3.98. The summed E-state index contributed by atoms with van der Waals surface area (Å²) in [6.07, 6.45) is 19.8. The fraction of sp³-hybridized carbons (Fsp3) is 0.238. The van der Waals surface area contributed by atoms with Crippen LogP contribution in [0.25, 0.3) is 33.6 Å². The molecule has 0 aliphatic carbocycles. The van der Waals surface area contributed by atoms with Gasteiger partial charge < -0.3 is 80.0 Å². The number of hydrogen-bond acceptors (Lipinski definition) is 22. The maximum atomic E-state index is 12.2. The van der Waals surface area contributed by atoms with E-state index in [1.165, 1.54) is 25.7 Å². The second-order valence-electron chi connectivity index (χ2n) is 21.5. The smallest absolute Gasteiger partial charge is 0.335 e. The van der Waals surface area contributed by atoms with E-state index < -0.39 is 5.97 Å². The van der Waals surface area contributed by atoms with Crippen molar-refractivity contribution in [1.29, 1.82) is 0 Å². The topological polar surface area (TPSA) is 359 Å². The number of nitrogens with one attached hydrogen (secondary N) is 6. The Morgan fingerprint density at radius 2 is 0.990 bits per heavy atom. The largest absolute Gasteiger partial charge is 0.497 e. The molecule has 11 heterocycles. The minimum absolute atomic E-state index is 0.0163. The van der Waals surface area contributed by atoms with Crippen LogP contribution < -0.4 is 51.0 Å². The summed E-state index contributed by atoms with van der Waals surface area (Å²) in [6, 6.07) is 26.8. The lowest BCUT2D eigenvalue weighted by molar-refractivity contribution is 0.0695. The summed E-state index contributed by atoms with van der Waals surface area (Å²) >= 11 is 11.9. The number of carbonyl (C=O) groups is 3. The third-order valence-electron chi connectivity index (χ3n) is 15.3. The van der Waals surface area contributed by atoms with Crippen LogP contribution in [0.3, 0.4) is 0 Å². The molecular weight excluding hydrogens is 1280 g/mol. The molecule has 0 bridgehead atoms. The zero-order chi connectivity index (χ0) is 67.4. The van der Waals surface area contributed by atoms with Gasteiger partial charge in [-0.1, -0.05) is 0 Å². The molecule has 9 aromatic heterocycles. The number of aliphatic hydroxyl groups is 2. The molecule has 0 saturated carbocycles. The van der Waals surface area contributed by atoms with Crippen molar-refractivity contribution >= 4 is 98.4 Å². The lowest BCUT2D eigenvalue weighted by Gasteiger charge is -2.23. The first-order valence-corrected chi connectivity index (χ1v) is 30.7. The maximum absolute atomic E-state index is 12.2. The number of methoxy groups -OCH3 is 3. The molecular formula is C63H66Cl2N22O9. The predicted molar refractivity (Wildman–Crippen MR) is 358 cm³/mol. The third kappa shape index (κ3) is 15.5. The number of carboxylic acid groups (broad SMARTS) is 1. The molecule has 2 aliphatic rings. The van der Waals surface area contributed by atoms with Crippen LogP contribution in [0.5, 0.6) is 17.2 Å². The molecule has 96 heavy (non-hydrogen) atoms. The predicted octanol–water partition coefficient (Wildman–Crippen LogP) is 7.42. The number of fused-ring (bicyclic) bond motifs is 3. The third-order valence-corrected chi connectivity index (χ3v) is 15.6. The minimum Gasteiger partial charge on any atom is -0.497 e. The van der Waals surface area contributed by atoms with E-state index in [0.717, 1.165) is 60.3 Å². The van der Waals surface area contributed by atoms with Gasteiger partial charge in [-0.25, -0.2) is 33.3 Å². The Balaban J connectivity index is 0.000000140. The first-order chi connectivity index (χ1) is 46.6. The number of benzene rings is 3. The second kappa shape index (κ2) is 30.1. The van der Waals surface area contributed by atoms with E-state index in [4.69, 9.17) is 47.5 Å². The Morgan fingerprint density at radius 1 is 0.562 bits per heavy atom. The first-order valence-electron chi connectivity index (χ1n) is 29.9. The van der Waals surface area contributed by atoms with E-state index in [1.54, 1.807) is 130 Å². The second-order valence-corrected chi connectivity index (χ2v) is 22.2. The van der Waals surface area contributed by atoms with Gasteiger partial charge >= 0.3 is 5.97 Å². The number of imidazole rings is 3. The number of nitrogens with zero attached hydrogens (tertiary/aromatic N) is 16. The van der Waals surface area contributed by atoms with Crippen molar-refractivity contribution in [2.24, 2.45) is 0 Å². The highest BCUT2D eigenvalue weighted by molar-refractivity contribution is 6.28. The summed E-state index contributed by atoms with van der Waals surface area (Å²) in [6.45, 7) is 2.26. The Kier molecular flexibility index (Phi) is 20.7. The van der Waals surface area contributed by atoms with Crippen molar-refractivity contribution in [2.75, 3.05) is 82.6 Å². The summed E-state index contributed by atoms with van der Waals surface area (Å²) in [5.41, 5.74) is 5.46. The van der Waals surface area contributed by atoms with Gasteiger partial charge in [-0.3, -0.25) is 9.59 Å². The van der Waals surface area contributed by atoms with Gasteiger partial charge in [0.15, 0.2) is 17.5 Å². The highest BCUT2D eigenvalue weighted by Crippen LogP contribution is 2.30. The molecule has 12 aromatic rings. The molecule has 9 N–H and O–H groups in total. The lowest BCUT2D eigenvalue weighted by atomic mass is 10.1. The number of carboxylic acids is 1. The van der Waals surface area contributed by atoms with Gasteiger partial charge in [-0.15, -0.1) is 15.3 Å². The van der Waals surface area contributed by atoms with Crippen LogP contribution in [-0.4, -0.2) is 179 Å². The Bertz CT molecular complexity index is 4710. The van der Waals surface area contributed by atoms with Crippen LogP contribution in [0.4, 0.5) is 40.9 Å². The maximum Gasteiger partial charge on any atom is 0.335 e. The van der Waals surface area contributed by atoms with Gasteiger partial charge in [0.1, 0.15) is 70.2 Å². The van der Waals surface area contributed by atoms with Crippen molar-refractivity contribution < 1.29 is 43.9 Å². The molecule has 14 rings (SSSR count). The zero-order valence-corrected chi connectivity index (χ0v) is 53.9. The van der Waals surface area contributed by atoms with Crippen molar-refractivity contribution in [2.45, 2.75) is 37.8 Å². The molecule has 31 nitrogen and oxygen atoms in total. The van der Waals surface area contributed by atoms with Crippen molar-refractivity contribution in [3.63, 3.8) is 0 Å². The van der Waals surface area contributed by atoms with Crippen molar-refractivity contribution in [1.82, 2.24) is 88.4 Å². The number of halogens is 2. The normalized spacial score (nSPS) is 14.0. The summed E-state index contributed by atoms with van der Waals surface area (Å²) in [7, 11) is 7.76. The summed E-state index contributed by atoms with van der Waals surface area (Å²) < 4.78 is 26.1. The fourth-order valence-corrected chi connectivity index (χ4v) is 10.8. The molecule has 2 saturated heterocycles. The Labute approximate surface area is 557 Å². The van der Waals surface area contributed by atoms with Gasteiger partial charge in [0.2, 0.25) is 16.5 Å². The van der Waals surface area contributed by atoms with Crippen LogP contribution in [-0.2, 0) is 0 Å². The Morgan fingerprint density at radius 3 is 1.38 bits per heavy atom. The van der Waals surface area contributed by atoms with Gasteiger partial charge in [-0.05, 0) is 128 Å². The van der Waals surface area contributed by atoms with Crippen LogP contribution in [0.1, 0.15) is 56.8 Å². The van der Waals surface area contributed by atoms with Crippen LogP contribution in [0, 0.1) is 0 Å². The van der Waals surface area contributed by atoms with Crippen LogP contribution in [0.2, 0.25) is 10.6 Å². The molecule has 33 heteroatoms. The molecule has 0 radical (unpaired) electrons. The number of carbonyl (C=O) groups excluding carboxylic acids is 2. The van der Waals surface area contributed by atoms with Gasteiger partial charge in [-0.2, -0.15) is 15.0 Å². The minimum atomic E-state index is -1.04. The van der Waals surface area contributed by atoms with Gasteiger partial charge in [0.05, 0.1) is 81.8 Å². The van der Waals surface area contributed by atoms with Crippen molar-refractivity contribution in [3.05, 3.63) is 174 Å². The number of aromatic carboxylic acids is 1. The molecule has 0 spiro atoms. The molecule has 0 unspecified atom stereocenters. The molecule has 2 aliphatic heterocycles. The van der Waals surface area contributed by atoms with E-state index >= 15 is 0 Å². The highest BCUT2D eigenvalue weighted by Gasteiger charge is 2.28. The monoisotopic (exact) mass is 1340 g/mol. The average Bonchev–Trinajstić information content (AvgIpc) is 1.62. The highest BCUT2D eigenvalue weighted by atomic mass is 35.5. The quantitative estimate of drug-likeness (QED) is 0.0403. The number of aliphatic hydroxyl groups excluding tert-OH is 2. The summed E-state index contributed by atoms with van der Waals surface area (Å²) in [5, 5.41) is 58.4. The number of rotatable bonds is 18. The number of anilines is 7. The van der Waals surface area contributed by atoms with Gasteiger partial charge in [0, 0.05) is 74.6 Å². The molecule has 3 aromatic carbocycles. The van der Waals surface area contributed by atoms with Crippen LogP contribution in [0.15, 0.2) is 147 Å². The fourth-order valence-electron chi connectivity index (χ4n) is 10.5. The molecule has 2 amide bonds. The van der Waals surface area contributed by atoms with E-state index in [0.29, 0.717) is 87.6 Å². The number of hydrogen-bond donors (Lipinski definition) is 9. The first kappa shape index (κ1) is 66.1. The standard InChI is InChI=1S/C23H26N8O3.C18H16ClN7O2.C17H13ClN6O3.C5H11NO/c1-24-22(33)15-9-17(11-18(10-15)34-2)29-12-20(25-14-29)26-21-19-6-4-8-31(19)28-23(27-21)30-7-3-5-16(30)13-32;1-20-17(27)11-6-12(8-13(7-11)28-2)25-9-15(21-10-25)22-16-14-4-3-5-26(14)24-18(19)23-16;1-27-12-6-10(16(25)26)5-11(7-12)23-8-14(19-9-23)20-15-13-3-2-4-24(13)22-17(18)21-15;7-4-5-2-1-3-6-5/h4,6,8-12,14,16,32H,3,5,7,13H2,1-2H3,(H,24,33)(H,26,27,28);3-10H,1-2H3,(H,20,27)(H,22,23,24);2-9H,1H3,(H,25,26)(H,20,21,22);5-7H,1-4H2/t16-;;;5-/m0..0/s1. The van der Waals surface area contributed by atoms with E-state index in [-0.39, 0.29) is 40.6 Å². The lowest BCUT2D eigenvalue weighted by Crippen LogP contribution is -2.34. The zero-order valence-electron chi connectivity index (χ0n) is 52.4. The van der Waals surface area contributed by atoms with E-state index in [1.807, 2.05) is 65.8 Å². The Hall–Kier alpha value is -11.4. The van der Waals surface area contributed by atoms with Gasteiger partial charge in [0.25, 0.3) is 11.8 Å². The molecule has 496 valence electrons. The summed E-state index contributed by atoms with van der Waals surface area (Å²) in [4.78, 5) is 63.8. The number of ether oxygens (including phenoxy) is 3. The SMILES string of the molecule is CNC(=O)c1cc(OC)cc(-n2cnc(Nc3nc(Cl)nn4cccc34)c2)c1.CNC(=O)c1cc(OC)cc(-n2cnc(Nc3nc(N4CCC[C@H]4CO)nn4cccc34)c2)c1.COc1cc(C(=O)O)cc(-n2cnc(Nc3nc(Cl)nn4cccc34)c2)c1.OC[C@@H]1CCCN1. The number of amides is 2. The average molecular weight is 1350 g/mol. The molecule has 2 atom stereocenters. The van der Waals surface area contributed by atoms with E-state index in [2.05, 4.69) is 72.1 Å². The van der Waals surface area contributed by atoms with Crippen molar-refractivity contribution in [3.8, 4) is 34.3 Å². The van der Waals surface area contributed by atoms with Crippen LogP contribution >= 0.6 is 23.2 Å². The number of aromatic nitrogens is 15. The molecule has 2 fully saturated rings.